The number of carbonyl (C=O) groups is 1. The van der Waals surface area contributed by atoms with E-state index in [1.165, 1.54) is 7.11 Å². The number of esters is 1. The summed E-state index contributed by atoms with van der Waals surface area (Å²) in [6.07, 6.45) is 2.80. The van der Waals surface area contributed by atoms with Crippen LogP contribution < -0.4 is 11.1 Å². The molecule has 3 N–H and O–H groups in total. The van der Waals surface area contributed by atoms with Gasteiger partial charge in [-0.3, -0.25) is 0 Å². The summed E-state index contributed by atoms with van der Waals surface area (Å²) in [7, 11) is 1.34. The number of hydrogen-bond acceptors (Lipinski definition) is 4. The van der Waals surface area contributed by atoms with Gasteiger partial charge in [0.15, 0.2) is 0 Å². The topological polar surface area (TPSA) is 64.3 Å². The molecule has 4 nitrogen and oxygen atoms in total. The summed E-state index contributed by atoms with van der Waals surface area (Å²) in [5.74, 6) is -0.445. The van der Waals surface area contributed by atoms with Crippen molar-refractivity contribution in [1.82, 2.24) is 0 Å². The number of hydrogen-bond donors (Lipinski definition) is 2. The van der Waals surface area contributed by atoms with Crippen molar-refractivity contribution in [3.8, 4) is 0 Å². The second-order valence-electron chi connectivity index (χ2n) is 4.88. The predicted molar refractivity (Wildman–Crippen MR) is 84.4 cm³/mol. The molecule has 0 atom stereocenters. The Balaban J connectivity index is 3.32. The quantitative estimate of drug-likeness (QED) is 0.613. The fraction of sp³-hybridized carbons (Fsp3) is 0.533. The largest absolute Gasteiger partial charge is 0.465 e. The van der Waals surface area contributed by atoms with Crippen LogP contribution >= 0.6 is 11.6 Å². The van der Waals surface area contributed by atoms with Gasteiger partial charge in [0.2, 0.25) is 0 Å². The molecule has 0 amide bonds. The van der Waals surface area contributed by atoms with E-state index in [-0.39, 0.29) is 5.54 Å². The van der Waals surface area contributed by atoms with E-state index >= 15 is 0 Å². The molecule has 1 aromatic carbocycles. The first kappa shape index (κ1) is 16.6. The molecular weight excluding hydrogens is 276 g/mol. The maximum absolute atomic E-state index is 11.9. The van der Waals surface area contributed by atoms with Gasteiger partial charge in [-0.2, -0.15) is 0 Å². The van der Waals surface area contributed by atoms with Crippen molar-refractivity contribution in [3.05, 3.63) is 22.7 Å². The molecule has 20 heavy (non-hydrogen) atoms. The third kappa shape index (κ3) is 3.37. The lowest BCUT2D eigenvalue weighted by molar-refractivity contribution is 0.0601. The number of rotatable bonds is 6. The average Bonchev–Trinajstić information content (AvgIpc) is 2.45. The summed E-state index contributed by atoms with van der Waals surface area (Å²) in [5.41, 5.74) is 7.08. The molecule has 0 aliphatic rings. The van der Waals surface area contributed by atoms with Crippen LogP contribution in [0.5, 0.6) is 0 Å². The molecular formula is C15H23ClN2O2. The molecule has 0 radical (unpaired) electrons. The Morgan fingerprint density at radius 2 is 1.85 bits per heavy atom. The average molecular weight is 299 g/mol. The minimum absolute atomic E-state index is 0.0947. The molecule has 0 saturated carbocycles. The molecule has 0 aliphatic heterocycles. The number of nitrogen functional groups attached to an aromatic ring is 1. The molecule has 0 saturated heterocycles. The maximum atomic E-state index is 11.9. The van der Waals surface area contributed by atoms with E-state index in [9.17, 15) is 4.79 Å². The molecule has 0 spiro atoms. The highest BCUT2D eigenvalue weighted by atomic mass is 35.5. The van der Waals surface area contributed by atoms with Gasteiger partial charge in [0.25, 0.3) is 0 Å². The Labute approximate surface area is 125 Å². The maximum Gasteiger partial charge on any atom is 0.340 e. The van der Waals surface area contributed by atoms with Crippen molar-refractivity contribution < 1.29 is 9.53 Å². The summed E-state index contributed by atoms with van der Waals surface area (Å²) in [6.45, 7) is 6.34. The van der Waals surface area contributed by atoms with Gasteiger partial charge in [-0.05, 0) is 31.4 Å². The third-order valence-corrected chi connectivity index (χ3v) is 4.24. The van der Waals surface area contributed by atoms with E-state index in [0.717, 1.165) is 19.3 Å². The third-order valence-electron chi connectivity index (χ3n) is 3.94. The zero-order valence-electron chi connectivity index (χ0n) is 12.5. The Bertz CT molecular complexity index is 477. The van der Waals surface area contributed by atoms with Gasteiger partial charge in [0, 0.05) is 11.2 Å². The summed E-state index contributed by atoms with van der Waals surface area (Å²) in [6, 6.07) is 3.23. The van der Waals surface area contributed by atoms with Crippen LogP contribution in [-0.4, -0.2) is 18.6 Å². The number of benzene rings is 1. The van der Waals surface area contributed by atoms with Crippen molar-refractivity contribution in [2.75, 3.05) is 18.2 Å². The molecule has 1 aromatic rings. The van der Waals surface area contributed by atoms with Gasteiger partial charge < -0.3 is 15.8 Å². The highest BCUT2D eigenvalue weighted by Gasteiger charge is 2.27. The molecule has 0 bridgehead atoms. The molecule has 0 unspecified atom stereocenters. The summed E-state index contributed by atoms with van der Waals surface area (Å²) < 4.78 is 4.81. The van der Waals surface area contributed by atoms with Gasteiger partial charge >= 0.3 is 5.97 Å². The van der Waals surface area contributed by atoms with Gasteiger partial charge in [-0.1, -0.05) is 32.4 Å². The van der Waals surface area contributed by atoms with Crippen LogP contribution in [0.4, 0.5) is 11.4 Å². The molecule has 5 heteroatoms. The van der Waals surface area contributed by atoms with E-state index < -0.39 is 5.97 Å². The fourth-order valence-corrected chi connectivity index (χ4v) is 2.58. The number of carbonyl (C=O) groups excluding carboxylic acids is 1. The molecule has 0 aliphatic carbocycles. The molecule has 0 aromatic heterocycles. The number of halogens is 1. The van der Waals surface area contributed by atoms with Crippen molar-refractivity contribution in [2.45, 2.75) is 45.6 Å². The van der Waals surface area contributed by atoms with Crippen LogP contribution in [0.3, 0.4) is 0 Å². The van der Waals surface area contributed by atoms with Crippen molar-refractivity contribution in [1.29, 1.82) is 0 Å². The Kier molecular flexibility index (Phi) is 5.69. The number of anilines is 2. The van der Waals surface area contributed by atoms with Crippen LogP contribution in [0.2, 0.25) is 5.02 Å². The van der Waals surface area contributed by atoms with Gasteiger partial charge in [-0.25, -0.2) is 4.79 Å². The second kappa shape index (κ2) is 6.84. The normalized spacial score (nSPS) is 11.2. The highest BCUT2D eigenvalue weighted by Crippen LogP contribution is 2.35. The summed E-state index contributed by atoms with van der Waals surface area (Å²) >= 11 is 6.26. The molecule has 0 heterocycles. The number of nitrogens with two attached hydrogens (primary N) is 1. The van der Waals surface area contributed by atoms with Crippen LogP contribution in [0, 0.1) is 0 Å². The standard InChI is InChI=1S/C15H23ClN2O2/c1-5-15(6-2,7-3)18-13-11(14(19)20-4)8-10(17)9-12(13)16/h8-9,18H,5-7,17H2,1-4H3. The zero-order chi connectivity index (χ0) is 15.3. The highest BCUT2D eigenvalue weighted by molar-refractivity contribution is 6.34. The van der Waals surface area contributed by atoms with Crippen LogP contribution in [-0.2, 0) is 4.74 Å². The van der Waals surface area contributed by atoms with E-state index in [4.69, 9.17) is 22.1 Å². The van der Waals surface area contributed by atoms with E-state index in [1.807, 2.05) is 0 Å². The van der Waals surface area contributed by atoms with Crippen LogP contribution in [0.25, 0.3) is 0 Å². The number of nitrogens with one attached hydrogen (secondary N) is 1. The first-order valence-electron chi connectivity index (χ1n) is 6.88. The molecule has 1 rings (SSSR count). The minimum Gasteiger partial charge on any atom is -0.465 e. The van der Waals surface area contributed by atoms with Crippen molar-refractivity contribution in [2.24, 2.45) is 0 Å². The molecule has 0 fully saturated rings. The fourth-order valence-electron chi connectivity index (χ4n) is 2.31. The van der Waals surface area contributed by atoms with Crippen molar-refractivity contribution in [3.63, 3.8) is 0 Å². The summed E-state index contributed by atoms with van der Waals surface area (Å²) in [4.78, 5) is 11.9. The first-order valence-corrected chi connectivity index (χ1v) is 7.26. The Morgan fingerprint density at radius 1 is 1.30 bits per heavy atom. The monoisotopic (exact) mass is 298 g/mol. The van der Waals surface area contributed by atoms with E-state index in [0.29, 0.717) is 22.0 Å². The SMILES string of the molecule is CCC(CC)(CC)Nc1c(Cl)cc(N)cc1C(=O)OC. The Hall–Kier alpha value is -1.42. The van der Waals surface area contributed by atoms with Crippen molar-refractivity contribution >= 4 is 28.9 Å². The van der Waals surface area contributed by atoms with E-state index in [2.05, 4.69) is 26.1 Å². The lowest BCUT2D eigenvalue weighted by Crippen LogP contribution is -2.37. The van der Waals surface area contributed by atoms with E-state index in [1.54, 1.807) is 12.1 Å². The lowest BCUT2D eigenvalue weighted by Gasteiger charge is -2.34. The van der Waals surface area contributed by atoms with Gasteiger partial charge in [0.1, 0.15) is 0 Å². The number of ether oxygens (including phenoxy) is 1. The first-order chi connectivity index (χ1) is 9.42. The zero-order valence-corrected chi connectivity index (χ0v) is 13.3. The predicted octanol–water partition coefficient (Wildman–Crippen LogP) is 4.09. The number of methoxy groups -OCH3 is 1. The van der Waals surface area contributed by atoms with Crippen LogP contribution in [0.15, 0.2) is 12.1 Å². The smallest absolute Gasteiger partial charge is 0.340 e. The summed E-state index contributed by atoms with van der Waals surface area (Å²) in [5, 5.41) is 3.87. The molecule has 112 valence electrons. The Morgan fingerprint density at radius 3 is 2.30 bits per heavy atom. The van der Waals surface area contributed by atoms with Crippen LogP contribution in [0.1, 0.15) is 50.4 Å². The van der Waals surface area contributed by atoms with Gasteiger partial charge in [-0.15, -0.1) is 0 Å². The minimum atomic E-state index is -0.445. The van der Waals surface area contributed by atoms with Gasteiger partial charge in [0.05, 0.1) is 23.4 Å². The second-order valence-corrected chi connectivity index (χ2v) is 5.29. The lowest BCUT2D eigenvalue weighted by atomic mass is 9.89.